The van der Waals surface area contributed by atoms with E-state index in [9.17, 15) is 4.79 Å². The molecule has 0 aliphatic carbocycles. The lowest BCUT2D eigenvalue weighted by Crippen LogP contribution is -2.54. The van der Waals surface area contributed by atoms with Crippen molar-refractivity contribution in [2.75, 3.05) is 32.8 Å². The standard InChI is InChI=1S/C20H29N3O2/c24-19(23-12-4-5-16(15-23)18-8-11-21-22-18)20(9-13-25-14-10-20)17-6-2-1-3-7-17/h1-3,6-7,16,18,21-22H,4-5,8-15H2. The molecule has 0 spiro atoms. The third kappa shape index (κ3) is 3.33. The van der Waals surface area contributed by atoms with Crippen LogP contribution in [0.25, 0.3) is 0 Å². The monoisotopic (exact) mass is 343 g/mol. The molecule has 0 aromatic heterocycles. The minimum absolute atomic E-state index is 0.317. The second-order valence-corrected chi connectivity index (χ2v) is 7.68. The van der Waals surface area contributed by atoms with Gasteiger partial charge >= 0.3 is 0 Å². The topological polar surface area (TPSA) is 53.6 Å². The number of ether oxygens (including phenoxy) is 1. The molecule has 5 heteroatoms. The highest BCUT2D eigenvalue weighted by Gasteiger charge is 2.45. The molecule has 1 amide bonds. The Morgan fingerprint density at radius 3 is 2.68 bits per heavy atom. The van der Waals surface area contributed by atoms with Crippen molar-refractivity contribution in [3.05, 3.63) is 35.9 Å². The second-order valence-electron chi connectivity index (χ2n) is 7.68. The second kappa shape index (κ2) is 7.44. The summed E-state index contributed by atoms with van der Waals surface area (Å²) in [5, 5.41) is 0. The van der Waals surface area contributed by atoms with Crippen molar-refractivity contribution < 1.29 is 9.53 Å². The Bertz CT molecular complexity index is 580. The van der Waals surface area contributed by atoms with Gasteiger partial charge < -0.3 is 9.64 Å². The zero-order valence-electron chi connectivity index (χ0n) is 14.9. The fourth-order valence-electron chi connectivity index (χ4n) is 4.79. The highest BCUT2D eigenvalue weighted by atomic mass is 16.5. The number of carbonyl (C=O) groups is 1. The summed E-state index contributed by atoms with van der Waals surface area (Å²) in [4.78, 5) is 15.8. The van der Waals surface area contributed by atoms with E-state index < -0.39 is 5.41 Å². The van der Waals surface area contributed by atoms with Crippen LogP contribution >= 0.6 is 0 Å². The summed E-state index contributed by atoms with van der Waals surface area (Å²) in [6.45, 7) is 4.15. The molecular formula is C20H29N3O2. The van der Waals surface area contributed by atoms with Gasteiger partial charge in [0.2, 0.25) is 5.91 Å². The van der Waals surface area contributed by atoms with E-state index in [4.69, 9.17) is 4.74 Å². The van der Waals surface area contributed by atoms with Crippen LogP contribution in [-0.2, 0) is 14.9 Å². The normalized spacial score (nSPS) is 29.5. The first-order chi connectivity index (χ1) is 12.3. The average Bonchev–Trinajstić information content (AvgIpc) is 3.24. The van der Waals surface area contributed by atoms with Gasteiger partial charge in [-0.05, 0) is 43.6 Å². The fourth-order valence-corrected chi connectivity index (χ4v) is 4.79. The van der Waals surface area contributed by atoms with Crippen molar-refractivity contribution in [3.63, 3.8) is 0 Å². The lowest BCUT2D eigenvalue weighted by Gasteiger charge is -2.43. The molecule has 5 nitrogen and oxygen atoms in total. The number of amides is 1. The molecule has 3 aliphatic heterocycles. The van der Waals surface area contributed by atoms with Crippen LogP contribution in [0.5, 0.6) is 0 Å². The average molecular weight is 343 g/mol. The number of benzene rings is 1. The number of rotatable bonds is 3. The molecule has 0 saturated carbocycles. The minimum Gasteiger partial charge on any atom is -0.381 e. The molecule has 25 heavy (non-hydrogen) atoms. The third-order valence-electron chi connectivity index (χ3n) is 6.26. The maximum absolute atomic E-state index is 13.7. The van der Waals surface area contributed by atoms with Gasteiger partial charge in [0.1, 0.15) is 0 Å². The molecular weight excluding hydrogens is 314 g/mol. The van der Waals surface area contributed by atoms with Crippen molar-refractivity contribution in [2.45, 2.75) is 43.6 Å². The van der Waals surface area contributed by atoms with Crippen LogP contribution < -0.4 is 10.9 Å². The van der Waals surface area contributed by atoms with Crippen molar-refractivity contribution in [1.82, 2.24) is 15.8 Å². The predicted molar refractivity (Wildman–Crippen MR) is 97.0 cm³/mol. The first kappa shape index (κ1) is 17.0. The van der Waals surface area contributed by atoms with Gasteiger partial charge in [0, 0.05) is 38.9 Å². The van der Waals surface area contributed by atoms with E-state index in [2.05, 4.69) is 27.9 Å². The van der Waals surface area contributed by atoms with Crippen molar-refractivity contribution in [2.24, 2.45) is 5.92 Å². The van der Waals surface area contributed by atoms with E-state index in [1.54, 1.807) is 0 Å². The fraction of sp³-hybridized carbons (Fsp3) is 0.650. The lowest BCUT2D eigenvalue weighted by atomic mass is 9.72. The van der Waals surface area contributed by atoms with Gasteiger partial charge in [-0.1, -0.05) is 30.3 Å². The summed E-state index contributed by atoms with van der Waals surface area (Å²) in [5.41, 5.74) is 7.40. The van der Waals surface area contributed by atoms with E-state index in [0.29, 0.717) is 31.1 Å². The van der Waals surface area contributed by atoms with E-state index in [1.165, 1.54) is 6.42 Å². The largest absolute Gasteiger partial charge is 0.381 e. The zero-order valence-corrected chi connectivity index (χ0v) is 14.9. The number of hydrogen-bond acceptors (Lipinski definition) is 4. The number of piperidine rings is 1. The predicted octanol–water partition coefficient (Wildman–Crippen LogP) is 1.84. The van der Waals surface area contributed by atoms with E-state index in [-0.39, 0.29) is 0 Å². The maximum atomic E-state index is 13.7. The number of carbonyl (C=O) groups excluding carboxylic acids is 1. The molecule has 3 saturated heterocycles. The first-order valence-corrected chi connectivity index (χ1v) is 9.71. The molecule has 3 fully saturated rings. The molecule has 3 aliphatic rings. The number of hydrazine groups is 1. The quantitative estimate of drug-likeness (QED) is 0.879. The van der Waals surface area contributed by atoms with Crippen molar-refractivity contribution in [3.8, 4) is 0 Å². The Labute approximate surface area is 150 Å². The van der Waals surface area contributed by atoms with Gasteiger partial charge in [-0.2, -0.15) is 0 Å². The zero-order chi connectivity index (χ0) is 17.1. The summed E-state index contributed by atoms with van der Waals surface area (Å²) < 4.78 is 5.60. The van der Waals surface area contributed by atoms with Gasteiger partial charge in [0.15, 0.2) is 0 Å². The van der Waals surface area contributed by atoms with Crippen LogP contribution in [0.15, 0.2) is 30.3 Å². The number of nitrogens with zero attached hydrogens (tertiary/aromatic N) is 1. The third-order valence-corrected chi connectivity index (χ3v) is 6.26. The SMILES string of the molecule is O=C(N1CCCC(C2CCNN2)C1)C1(c2ccccc2)CCOCC1. The summed E-state index contributed by atoms with van der Waals surface area (Å²) in [6.07, 6.45) is 5.06. The Morgan fingerprint density at radius 1 is 1.16 bits per heavy atom. The van der Waals surface area contributed by atoms with Crippen LogP contribution in [0, 0.1) is 5.92 Å². The molecule has 0 bridgehead atoms. The van der Waals surface area contributed by atoms with Crippen LogP contribution in [0.3, 0.4) is 0 Å². The first-order valence-electron chi connectivity index (χ1n) is 9.71. The van der Waals surface area contributed by atoms with Gasteiger partial charge in [0.05, 0.1) is 5.41 Å². The Hall–Kier alpha value is -1.43. The number of nitrogens with one attached hydrogen (secondary N) is 2. The molecule has 1 aromatic rings. The van der Waals surface area contributed by atoms with E-state index in [1.807, 2.05) is 18.2 Å². The van der Waals surface area contributed by atoms with Gasteiger partial charge in [0.25, 0.3) is 0 Å². The van der Waals surface area contributed by atoms with Gasteiger partial charge in [-0.25, -0.2) is 0 Å². The van der Waals surface area contributed by atoms with Crippen molar-refractivity contribution >= 4 is 5.91 Å². The Kier molecular flexibility index (Phi) is 5.06. The molecule has 2 atom stereocenters. The molecule has 136 valence electrons. The number of likely N-dealkylation sites (tertiary alicyclic amines) is 1. The molecule has 3 heterocycles. The molecule has 2 N–H and O–H groups in total. The Balaban J connectivity index is 1.55. The van der Waals surface area contributed by atoms with Crippen LogP contribution in [0.4, 0.5) is 0 Å². The van der Waals surface area contributed by atoms with Crippen LogP contribution in [0.2, 0.25) is 0 Å². The van der Waals surface area contributed by atoms with Crippen LogP contribution in [-0.4, -0.2) is 49.7 Å². The summed E-state index contributed by atoms with van der Waals surface area (Å²) in [6, 6.07) is 10.9. The minimum atomic E-state index is -0.400. The maximum Gasteiger partial charge on any atom is 0.233 e. The highest BCUT2D eigenvalue weighted by Crippen LogP contribution is 2.38. The highest BCUT2D eigenvalue weighted by molar-refractivity contribution is 5.88. The smallest absolute Gasteiger partial charge is 0.233 e. The molecule has 0 radical (unpaired) electrons. The van der Waals surface area contributed by atoms with E-state index in [0.717, 1.165) is 50.9 Å². The summed E-state index contributed by atoms with van der Waals surface area (Å²) >= 11 is 0. The van der Waals surface area contributed by atoms with E-state index >= 15 is 0 Å². The van der Waals surface area contributed by atoms with Gasteiger partial charge in [-0.3, -0.25) is 15.6 Å². The summed E-state index contributed by atoms with van der Waals surface area (Å²) in [5.74, 6) is 0.873. The summed E-state index contributed by atoms with van der Waals surface area (Å²) in [7, 11) is 0. The van der Waals surface area contributed by atoms with Crippen molar-refractivity contribution in [1.29, 1.82) is 0 Å². The number of hydrogen-bond donors (Lipinski definition) is 2. The molecule has 4 rings (SSSR count). The molecule has 1 aromatic carbocycles. The van der Waals surface area contributed by atoms with Crippen LogP contribution in [0.1, 0.15) is 37.7 Å². The molecule has 2 unspecified atom stereocenters. The lowest BCUT2D eigenvalue weighted by molar-refractivity contribution is -0.143. The Morgan fingerprint density at radius 2 is 1.96 bits per heavy atom. The van der Waals surface area contributed by atoms with Gasteiger partial charge in [-0.15, -0.1) is 0 Å².